The van der Waals surface area contributed by atoms with Crippen LogP contribution < -0.4 is 4.74 Å². The Morgan fingerprint density at radius 2 is 2.28 bits per heavy atom. The standard InChI is InChI=1S/C15H16N2O/c1-4-5-8-16-11-13-9-12-10-14(18-3)6-7-15(12)17(13)2/h5-7,9-11H,1,8H2,2-3H3. The van der Waals surface area contributed by atoms with Gasteiger partial charge in [-0.1, -0.05) is 6.58 Å². The van der Waals surface area contributed by atoms with E-state index in [2.05, 4.69) is 34.0 Å². The van der Waals surface area contributed by atoms with Gasteiger partial charge in [0.05, 0.1) is 19.3 Å². The minimum Gasteiger partial charge on any atom is -0.497 e. The molecule has 0 aliphatic carbocycles. The number of aliphatic imine (C=N–C) groups is 1. The lowest BCUT2D eigenvalue weighted by molar-refractivity contribution is 0.415. The van der Waals surface area contributed by atoms with Crippen molar-refractivity contribution < 1.29 is 4.74 Å². The zero-order chi connectivity index (χ0) is 13.0. The number of methoxy groups -OCH3 is 1. The summed E-state index contributed by atoms with van der Waals surface area (Å²) in [5.41, 5.74) is 4.93. The van der Waals surface area contributed by atoms with Gasteiger partial charge in [0.2, 0.25) is 0 Å². The zero-order valence-corrected chi connectivity index (χ0v) is 10.7. The normalized spacial score (nSPS) is 10.8. The number of aromatic nitrogens is 1. The second kappa shape index (κ2) is 5.39. The molecular weight excluding hydrogens is 224 g/mol. The average Bonchev–Trinajstić information content (AvgIpc) is 2.71. The molecule has 3 heteroatoms. The molecule has 0 radical (unpaired) electrons. The molecule has 2 aromatic rings. The maximum absolute atomic E-state index is 5.22. The Kier molecular flexibility index (Phi) is 3.66. The second-order valence-corrected chi connectivity index (χ2v) is 3.96. The molecular formula is C15H16N2O. The lowest BCUT2D eigenvalue weighted by atomic mass is 10.2. The van der Waals surface area contributed by atoms with Crippen molar-refractivity contribution >= 4 is 17.1 Å². The monoisotopic (exact) mass is 240 g/mol. The Bertz CT molecular complexity index is 631. The van der Waals surface area contributed by atoms with Gasteiger partial charge < -0.3 is 9.30 Å². The Hall–Kier alpha value is -2.25. The van der Waals surface area contributed by atoms with E-state index in [1.807, 2.05) is 25.4 Å². The molecule has 1 heterocycles. The molecule has 0 amide bonds. The largest absolute Gasteiger partial charge is 0.497 e. The van der Waals surface area contributed by atoms with Gasteiger partial charge in [-0.15, -0.1) is 5.73 Å². The molecule has 92 valence electrons. The van der Waals surface area contributed by atoms with Crippen molar-refractivity contribution in [1.82, 2.24) is 4.57 Å². The molecule has 0 bridgehead atoms. The van der Waals surface area contributed by atoms with Crippen LogP contribution in [0.4, 0.5) is 0 Å². The molecule has 1 aromatic heterocycles. The highest BCUT2D eigenvalue weighted by atomic mass is 16.5. The number of ether oxygens (including phenoxy) is 1. The summed E-state index contributed by atoms with van der Waals surface area (Å²) < 4.78 is 7.33. The molecule has 0 spiro atoms. The van der Waals surface area contributed by atoms with Crippen LogP contribution in [0.1, 0.15) is 5.69 Å². The van der Waals surface area contributed by atoms with Crippen LogP contribution in [0.25, 0.3) is 10.9 Å². The van der Waals surface area contributed by atoms with Gasteiger partial charge in [-0.25, -0.2) is 0 Å². The minimum absolute atomic E-state index is 0.606. The van der Waals surface area contributed by atoms with Gasteiger partial charge in [-0.3, -0.25) is 4.99 Å². The molecule has 0 saturated carbocycles. The van der Waals surface area contributed by atoms with Crippen LogP contribution in [0, 0.1) is 0 Å². The van der Waals surface area contributed by atoms with Crippen molar-refractivity contribution in [2.75, 3.05) is 13.7 Å². The number of fused-ring (bicyclic) bond motifs is 1. The quantitative estimate of drug-likeness (QED) is 0.596. The van der Waals surface area contributed by atoms with Crippen LogP contribution in [0.5, 0.6) is 5.75 Å². The van der Waals surface area contributed by atoms with Crippen LogP contribution in [0.15, 0.2) is 47.6 Å². The third kappa shape index (κ3) is 2.36. The summed E-state index contributed by atoms with van der Waals surface area (Å²) >= 11 is 0. The van der Waals surface area contributed by atoms with E-state index in [1.54, 1.807) is 13.2 Å². The summed E-state index contributed by atoms with van der Waals surface area (Å²) in [6.45, 7) is 4.11. The fourth-order valence-corrected chi connectivity index (χ4v) is 1.86. The number of benzene rings is 1. The third-order valence-electron chi connectivity index (χ3n) is 2.85. The fraction of sp³-hybridized carbons (Fsp3) is 0.200. The topological polar surface area (TPSA) is 26.5 Å². The molecule has 2 rings (SSSR count). The van der Waals surface area contributed by atoms with E-state index in [0.717, 1.165) is 22.3 Å². The van der Waals surface area contributed by atoms with Crippen LogP contribution in [0.3, 0.4) is 0 Å². The lowest BCUT2D eigenvalue weighted by Gasteiger charge is -2.01. The van der Waals surface area contributed by atoms with E-state index in [1.165, 1.54) is 0 Å². The first-order valence-corrected chi connectivity index (χ1v) is 5.74. The van der Waals surface area contributed by atoms with E-state index >= 15 is 0 Å². The minimum atomic E-state index is 0.606. The first-order valence-electron chi connectivity index (χ1n) is 5.74. The predicted octanol–water partition coefficient (Wildman–Crippen LogP) is 2.95. The van der Waals surface area contributed by atoms with E-state index in [4.69, 9.17) is 4.74 Å². The van der Waals surface area contributed by atoms with Crippen molar-refractivity contribution in [2.45, 2.75) is 0 Å². The Labute approximate surface area is 107 Å². The van der Waals surface area contributed by atoms with Crippen LogP contribution >= 0.6 is 0 Å². The molecule has 18 heavy (non-hydrogen) atoms. The summed E-state index contributed by atoms with van der Waals surface area (Å²) in [6, 6.07) is 8.13. The Morgan fingerprint density at radius 1 is 1.44 bits per heavy atom. The molecule has 1 aromatic carbocycles. The van der Waals surface area contributed by atoms with Gasteiger partial charge in [0.1, 0.15) is 5.75 Å². The van der Waals surface area contributed by atoms with Crippen molar-refractivity contribution in [3.63, 3.8) is 0 Å². The summed E-state index contributed by atoms with van der Waals surface area (Å²) in [5.74, 6) is 0.867. The van der Waals surface area contributed by atoms with Crippen molar-refractivity contribution in [2.24, 2.45) is 12.0 Å². The summed E-state index contributed by atoms with van der Waals surface area (Å²) in [5, 5.41) is 1.15. The number of rotatable bonds is 4. The molecule has 0 atom stereocenters. The van der Waals surface area contributed by atoms with Gasteiger partial charge in [0.15, 0.2) is 0 Å². The third-order valence-corrected chi connectivity index (χ3v) is 2.85. The first-order chi connectivity index (χ1) is 8.76. The smallest absolute Gasteiger partial charge is 0.119 e. The number of aryl methyl sites for hydroxylation is 1. The van der Waals surface area contributed by atoms with E-state index in [-0.39, 0.29) is 0 Å². The maximum atomic E-state index is 5.22. The fourth-order valence-electron chi connectivity index (χ4n) is 1.86. The summed E-state index contributed by atoms with van der Waals surface area (Å²) in [6.07, 6.45) is 3.66. The SMILES string of the molecule is C=C=CCN=Cc1cc2cc(OC)ccc2n1C. The highest BCUT2D eigenvalue weighted by Crippen LogP contribution is 2.22. The average molecular weight is 240 g/mol. The Morgan fingerprint density at radius 3 is 3.00 bits per heavy atom. The predicted molar refractivity (Wildman–Crippen MR) is 75.6 cm³/mol. The zero-order valence-electron chi connectivity index (χ0n) is 10.7. The molecule has 0 fully saturated rings. The van der Waals surface area contributed by atoms with Crippen LogP contribution in [-0.2, 0) is 7.05 Å². The van der Waals surface area contributed by atoms with Gasteiger partial charge in [0.25, 0.3) is 0 Å². The summed E-state index contributed by atoms with van der Waals surface area (Å²) in [7, 11) is 3.70. The Balaban J connectivity index is 2.37. The molecule has 0 aliphatic heterocycles. The number of hydrogen-bond donors (Lipinski definition) is 0. The van der Waals surface area contributed by atoms with Crippen molar-refractivity contribution in [1.29, 1.82) is 0 Å². The molecule has 0 aliphatic rings. The highest BCUT2D eigenvalue weighted by molar-refractivity contribution is 5.91. The van der Waals surface area contributed by atoms with Crippen LogP contribution in [0.2, 0.25) is 0 Å². The lowest BCUT2D eigenvalue weighted by Crippen LogP contribution is -1.94. The van der Waals surface area contributed by atoms with Crippen molar-refractivity contribution in [3.8, 4) is 5.75 Å². The first kappa shape index (κ1) is 12.2. The van der Waals surface area contributed by atoms with E-state index in [0.29, 0.717) is 6.54 Å². The van der Waals surface area contributed by atoms with Crippen LogP contribution in [-0.4, -0.2) is 24.4 Å². The second-order valence-electron chi connectivity index (χ2n) is 3.96. The maximum Gasteiger partial charge on any atom is 0.119 e. The van der Waals surface area contributed by atoms with E-state index in [9.17, 15) is 0 Å². The number of nitrogens with zero attached hydrogens (tertiary/aromatic N) is 2. The van der Waals surface area contributed by atoms with Gasteiger partial charge in [-0.05, 0) is 30.3 Å². The van der Waals surface area contributed by atoms with E-state index < -0.39 is 0 Å². The van der Waals surface area contributed by atoms with Gasteiger partial charge in [-0.2, -0.15) is 0 Å². The highest BCUT2D eigenvalue weighted by Gasteiger charge is 2.04. The van der Waals surface area contributed by atoms with Gasteiger partial charge in [0, 0.05) is 24.2 Å². The van der Waals surface area contributed by atoms with Crippen molar-refractivity contribution in [3.05, 3.63) is 48.3 Å². The van der Waals surface area contributed by atoms with Gasteiger partial charge >= 0.3 is 0 Å². The summed E-state index contributed by atoms with van der Waals surface area (Å²) in [4.78, 5) is 4.29. The molecule has 0 unspecified atom stereocenters. The molecule has 0 saturated heterocycles. The number of hydrogen-bond acceptors (Lipinski definition) is 2. The molecule has 3 nitrogen and oxygen atoms in total. The molecule has 0 N–H and O–H groups in total.